The summed E-state index contributed by atoms with van der Waals surface area (Å²) in [5, 5.41) is 15.2. The van der Waals surface area contributed by atoms with Crippen molar-refractivity contribution >= 4 is 10.8 Å². The summed E-state index contributed by atoms with van der Waals surface area (Å²) in [4.78, 5) is 0. The quantitative estimate of drug-likeness (QED) is 0.729. The number of hydrogen-bond donors (Lipinski definition) is 1. The molecule has 0 atom stereocenters. The number of fused-ring (bicyclic) bond motifs is 1. The molecule has 3 aromatic rings. The predicted molar refractivity (Wildman–Crippen MR) is 65.4 cm³/mol. The van der Waals surface area contributed by atoms with E-state index in [0.717, 1.165) is 16.6 Å². The van der Waals surface area contributed by atoms with Crippen LogP contribution in [0.2, 0.25) is 0 Å². The van der Waals surface area contributed by atoms with E-state index in [9.17, 15) is 0 Å². The molecule has 0 unspecified atom stereocenters. The van der Waals surface area contributed by atoms with Gasteiger partial charge >= 0.3 is 0 Å². The van der Waals surface area contributed by atoms with Gasteiger partial charge in [0.15, 0.2) is 5.76 Å². The van der Waals surface area contributed by atoms with Crippen molar-refractivity contribution in [2.24, 2.45) is 0 Å². The molecule has 0 bridgehead atoms. The highest BCUT2D eigenvalue weighted by Crippen LogP contribution is 2.27. The summed E-state index contributed by atoms with van der Waals surface area (Å²) in [6.45, 7) is -0.127. The molecule has 3 rings (SSSR count). The molecule has 0 saturated heterocycles. The molecule has 2 aromatic carbocycles. The Hall–Kier alpha value is -2.13. The zero-order valence-corrected chi connectivity index (χ0v) is 9.13. The summed E-state index contributed by atoms with van der Waals surface area (Å²) in [6, 6.07) is 15.9. The van der Waals surface area contributed by atoms with Crippen molar-refractivity contribution in [3.63, 3.8) is 0 Å². The van der Waals surface area contributed by atoms with E-state index >= 15 is 0 Å². The van der Waals surface area contributed by atoms with Gasteiger partial charge in [-0.15, -0.1) is 0 Å². The number of aliphatic hydroxyl groups excluding tert-OH is 1. The molecule has 0 saturated carbocycles. The van der Waals surface area contributed by atoms with Gasteiger partial charge in [-0.3, -0.25) is 0 Å². The fourth-order valence-corrected chi connectivity index (χ4v) is 1.96. The highest BCUT2D eigenvalue weighted by molar-refractivity contribution is 5.95. The molecule has 0 fully saturated rings. The van der Waals surface area contributed by atoms with Crippen molar-refractivity contribution in [2.75, 3.05) is 0 Å². The number of aromatic nitrogens is 1. The van der Waals surface area contributed by atoms with Crippen LogP contribution in [0.5, 0.6) is 0 Å². The van der Waals surface area contributed by atoms with Gasteiger partial charge in [0.05, 0.1) is 0 Å². The van der Waals surface area contributed by atoms with E-state index in [4.69, 9.17) is 9.63 Å². The Bertz CT molecular complexity index is 653. The Labute approximate surface area is 98.3 Å². The van der Waals surface area contributed by atoms with E-state index in [1.54, 1.807) is 6.07 Å². The van der Waals surface area contributed by atoms with Gasteiger partial charge in [0.2, 0.25) is 0 Å². The Kier molecular flexibility index (Phi) is 2.38. The maximum atomic E-state index is 8.98. The third kappa shape index (κ3) is 1.70. The Morgan fingerprint density at radius 2 is 1.88 bits per heavy atom. The first-order valence-corrected chi connectivity index (χ1v) is 5.43. The van der Waals surface area contributed by atoms with Crippen LogP contribution in [-0.2, 0) is 6.61 Å². The van der Waals surface area contributed by atoms with E-state index in [1.165, 1.54) is 5.39 Å². The summed E-state index contributed by atoms with van der Waals surface area (Å²) < 4.78 is 5.02. The molecule has 0 aliphatic heterocycles. The third-order valence-electron chi connectivity index (χ3n) is 2.78. The van der Waals surface area contributed by atoms with E-state index in [0.29, 0.717) is 5.76 Å². The van der Waals surface area contributed by atoms with Crippen LogP contribution in [0.4, 0.5) is 0 Å². The highest BCUT2D eigenvalue weighted by atomic mass is 16.5. The molecule has 0 amide bonds. The Morgan fingerprint density at radius 1 is 1.06 bits per heavy atom. The first-order chi connectivity index (χ1) is 8.38. The molecule has 3 nitrogen and oxygen atoms in total. The van der Waals surface area contributed by atoms with Gasteiger partial charge in [-0.2, -0.15) is 0 Å². The van der Waals surface area contributed by atoms with Crippen LogP contribution in [0, 0.1) is 0 Å². The van der Waals surface area contributed by atoms with Crippen molar-refractivity contribution in [1.29, 1.82) is 0 Å². The van der Waals surface area contributed by atoms with Gasteiger partial charge in [-0.25, -0.2) is 0 Å². The summed E-state index contributed by atoms with van der Waals surface area (Å²) in [7, 11) is 0. The molecule has 84 valence electrons. The van der Waals surface area contributed by atoms with Crippen molar-refractivity contribution in [2.45, 2.75) is 6.61 Å². The number of nitrogens with zero attached hydrogens (tertiary/aromatic N) is 1. The molecule has 0 radical (unpaired) electrons. The van der Waals surface area contributed by atoms with Crippen molar-refractivity contribution < 1.29 is 9.63 Å². The van der Waals surface area contributed by atoms with Crippen LogP contribution in [0.1, 0.15) is 5.76 Å². The van der Waals surface area contributed by atoms with Gasteiger partial charge in [0.25, 0.3) is 0 Å². The smallest absolute Gasteiger partial charge is 0.162 e. The summed E-state index contributed by atoms with van der Waals surface area (Å²) in [6.07, 6.45) is 0. The zero-order chi connectivity index (χ0) is 11.7. The molecule has 1 aromatic heterocycles. The topological polar surface area (TPSA) is 46.3 Å². The summed E-state index contributed by atoms with van der Waals surface area (Å²) in [5.41, 5.74) is 1.78. The standard InChI is InChI=1S/C14H11NO2/c16-9-11-8-14(15-17-11)13-7-3-5-10-4-1-2-6-12(10)13/h1-8,16H,9H2. The average molecular weight is 225 g/mol. The lowest BCUT2D eigenvalue weighted by Crippen LogP contribution is -1.80. The van der Waals surface area contributed by atoms with E-state index in [1.807, 2.05) is 24.3 Å². The molecule has 0 aliphatic carbocycles. The van der Waals surface area contributed by atoms with Crippen LogP contribution < -0.4 is 0 Å². The minimum absolute atomic E-state index is 0.127. The first kappa shape index (κ1) is 10.1. The molecule has 0 spiro atoms. The van der Waals surface area contributed by atoms with Gasteiger partial charge in [-0.1, -0.05) is 47.6 Å². The van der Waals surface area contributed by atoms with Crippen molar-refractivity contribution in [3.05, 3.63) is 54.3 Å². The van der Waals surface area contributed by atoms with Crippen molar-refractivity contribution in [1.82, 2.24) is 5.16 Å². The van der Waals surface area contributed by atoms with E-state index < -0.39 is 0 Å². The van der Waals surface area contributed by atoms with Gasteiger partial charge in [0, 0.05) is 11.6 Å². The zero-order valence-electron chi connectivity index (χ0n) is 9.13. The van der Waals surface area contributed by atoms with E-state index in [2.05, 4.69) is 23.4 Å². The minimum atomic E-state index is -0.127. The lowest BCUT2D eigenvalue weighted by molar-refractivity contribution is 0.229. The van der Waals surface area contributed by atoms with E-state index in [-0.39, 0.29) is 6.61 Å². The van der Waals surface area contributed by atoms with Crippen LogP contribution in [-0.4, -0.2) is 10.3 Å². The molecule has 17 heavy (non-hydrogen) atoms. The molecule has 0 aliphatic rings. The lowest BCUT2D eigenvalue weighted by atomic mass is 10.0. The molecular formula is C14H11NO2. The largest absolute Gasteiger partial charge is 0.388 e. The fourth-order valence-electron chi connectivity index (χ4n) is 1.96. The SMILES string of the molecule is OCc1cc(-c2cccc3ccccc23)no1. The minimum Gasteiger partial charge on any atom is -0.388 e. The molecule has 3 heteroatoms. The Balaban J connectivity index is 2.23. The second kappa shape index (κ2) is 4.03. The summed E-state index contributed by atoms with van der Waals surface area (Å²) in [5.74, 6) is 0.480. The second-order valence-electron chi connectivity index (χ2n) is 3.86. The van der Waals surface area contributed by atoms with Crippen LogP contribution >= 0.6 is 0 Å². The molecule has 1 heterocycles. The molecule has 1 N–H and O–H groups in total. The summed E-state index contributed by atoms with van der Waals surface area (Å²) >= 11 is 0. The highest BCUT2D eigenvalue weighted by Gasteiger charge is 2.08. The number of rotatable bonds is 2. The lowest BCUT2D eigenvalue weighted by Gasteiger charge is -2.02. The second-order valence-corrected chi connectivity index (χ2v) is 3.86. The monoisotopic (exact) mass is 225 g/mol. The van der Waals surface area contributed by atoms with Crippen molar-refractivity contribution in [3.8, 4) is 11.3 Å². The Morgan fingerprint density at radius 3 is 2.71 bits per heavy atom. The average Bonchev–Trinajstić information content (AvgIpc) is 2.87. The van der Waals surface area contributed by atoms with Crippen LogP contribution in [0.15, 0.2) is 53.1 Å². The van der Waals surface area contributed by atoms with Crippen LogP contribution in [0.25, 0.3) is 22.0 Å². The first-order valence-electron chi connectivity index (χ1n) is 5.43. The number of aliphatic hydroxyl groups is 1. The molecular weight excluding hydrogens is 214 g/mol. The normalized spacial score (nSPS) is 10.9. The number of benzene rings is 2. The predicted octanol–water partition coefficient (Wildman–Crippen LogP) is 2.99. The van der Waals surface area contributed by atoms with Gasteiger partial charge in [-0.05, 0) is 10.8 Å². The fraction of sp³-hybridized carbons (Fsp3) is 0.0714. The number of hydrogen-bond acceptors (Lipinski definition) is 3. The van der Waals surface area contributed by atoms with Gasteiger partial charge < -0.3 is 9.63 Å². The van der Waals surface area contributed by atoms with Gasteiger partial charge in [0.1, 0.15) is 12.3 Å². The van der Waals surface area contributed by atoms with Crippen LogP contribution in [0.3, 0.4) is 0 Å². The third-order valence-corrected chi connectivity index (χ3v) is 2.78. The maximum absolute atomic E-state index is 8.98. The maximum Gasteiger partial charge on any atom is 0.162 e.